The Balaban J connectivity index is 1.71. The number of H-pyrrole nitrogens is 1. The van der Waals surface area contributed by atoms with Crippen molar-refractivity contribution in [2.75, 3.05) is 18.2 Å². The molecule has 2 aromatic carbocycles. The molecule has 0 fully saturated rings. The molecular formula is C17H14Br3N3O2S. The fourth-order valence-corrected chi connectivity index (χ4v) is 4.62. The van der Waals surface area contributed by atoms with Crippen LogP contribution < -0.4 is 10.1 Å². The van der Waals surface area contributed by atoms with Crippen molar-refractivity contribution in [1.29, 1.82) is 0 Å². The van der Waals surface area contributed by atoms with Gasteiger partial charge in [-0.2, -0.15) is 0 Å². The number of nitrogens with one attached hydrogen (secondary N) is 2. The van der Waals surface area contributed by atoms with E-state index in [1.807, 2.05) is 25.1 Å². The lowest BCUT2D eigenvalue weighted by atomic mass is 10.2. The van der Waals surface area contributed by atoms with E-state index in [0.29, 0.717) is 16.6 Å². The topological polar surface area (TPSA) is 67.0 Å². The van der Waals surface area contributed by atoms with Crippen molar-refractivity contribution in [3.05, 3.63) is 43.2 Å². The van der Waals surface area contributed by atoms with Crippen LogP contribution in [0, 0.1) is 6.92 Å². The Morgan fingerprint density at radius 2 is 2.04 bits per heavy atom. The number of benzene rings is 2. The van der Waals surface area contributed by atoms with E-state index in [1.165, 1.54) is 11.8 Å². The predicted molar refractivity (Wildman–Crippen MR) is 116 cm³/mol. The fourth-order valence-electron chi connectivity index (χ4n) is 2.36. The van der Waals surface area contributed by atoms with Gasteiger partial charge in [0.25, 0.3) is 0 Å². The first kappa shape index (κ1) is 19.7. The molecule has 0 aliphatic heterocycles. The quantitative estimate of drug-likeness (QED) is 0.300. The van der Waals surface area contributed by atoms with Crippen LogP contribution in [0.4, 0.5) is 5.69 Å². The lowest BCUT2D eigenvalue weighted by molar-refractivity contribution is -0.113. The first-order chi connectivity index (χ1) is 12.4. The second-order valence-corrected chi connectivity index (χ2v) is 8.87. The van der Waals surface area contributed by atoms with E-state index < -0.39 is 0 Å². The van der Waals surface area contributed by atoms with E-state index in [0.717, 1.165) is 30.0 Å². The van der Waals surface area contributed by atoms with Crippen molar-refractivity contribution < 1.29 is 9.53 Å². The number of hydrogen-bond donors (Lipinski definition) is 2. The number of aromatic amines is 1. The van der Waals surface area contributed by atoms with Crippen molar-refractivity contribution in [3.63, 3.8) is 0 Å². The maximum absolute atomic E-state index is 12.4. The Hall–Kier alpha value is -1.03. The van der Waals surface area contributed by atoms with Gasteiger partial charge >= 0.3 is 0 Å². The highest BCUT2D eigenvalue weighted by Crippen LogP contribution is 2.43. The van der Waals surface area contributed by atoms with Crippen LogP contribution in [0.25, 0.3) is 11.0 Å². The van der Waals surface area contributed by atoms with Gasteiger partial charge in [-0.15, -0.1) is 0 Å². The Labute approximate surface area is 180 Å². The Bertz CT molecular complexity index is 991. The summed E-state index contributed by atoms with van der Waals surface area (Å²) in [6, 6.07) is 7.81. The molecule has 0 unspecified atom stereocenters. The van der Waals surface area contributed by atoms with Crippen LogP contribution in [-0.2, 0) is 4.79 Å². The highest BCUT2D eigenvalue weighted by atomic mass is 79.9. The lowest BCUT2D eigenvalue weighted by Crippen LogP contribution is -2.15. The summed E-state index contributed by atoms with van der Waals surface area (Å²) in [5, 5.41) is 3.59. The van der Waals surface area contributed by atoms with Crippen LogP contribution in [-0.4, -0.2) is 28.7 Å². The molecule has 0 aliphatic carbocycles. The molecule has 1 amide bonds. The van der Waals surface area contributed by atoms with Gasteiger partial charge in [-0.05, 0) is 78.5 Å². The summed E-state index contributed by atoms with van der Waals surface area (Å²) in [5.74, 6) is 0.636. The normalized spacial score (nSPS) is 11.0. The van der Waals surface area contributed by atoms with E-state index in [4.69, 9.17) is 4.74 Å². The van der Waals surface area contributed by atoms with Crippen LogP contribution in [0.15, 0.2) is 42.8 Å². The van der Waals surface area contributed by atoms with Gasteiger partial charge < -0.3 is 15.0 Å². The third-order valence-corrected chi connectivity index (χ3v) is 7.69. The van der Waals surface area contributed by atoms with E-state index in [1.54, 1.807) is 13.2 Å². The number of nitrogens with zero attached hydrogens (tertiary/aromatic N) is 1. The molecule has 0 saturated heterocycles. The van der Waals surface area contributed by atoms with E-state index in [-0.39, 0.29) is 11.7 Å². The molecule has 0 saturated carbocycles. The molecule has 3 rings (SSSR count). The van der Waals surface area contributed by atoms with Gasteiger partial charge in [0.2, 0.25) is 5.91 Å². The molecule has 26 heavy (non-hydrogen) atoms. The summed E-state index contributed by atoms with van der Waals surface area (Å²) in [4.78, 5) is 20.1. The van der Waals surface area contributed by atoms with Crippen molar-refractivity contribution in [3.8, 4) is 5.75 Å². The van der Waals surface area contributed by atoms with Gasteiger partial charge in [-0.25, -0.2) is 4.98 Å². The molecule has 0 atom stereocenters. The zero-order chi connectivity index (χ0) is 18.8. The van der Waals surface area contributed by atoms with Gasteiger partial charge in [0.05, 0.1) is 34.1 Å². The number of rotatable bonds is 5. The number of amides is 1. The molecular weight excluding hydrogens is 550 g/mol. The standard InChI is InChI=1S/C17H14Br3N3O2S/c1-8-3-4-10-11(5-8)23-17(22-10)26-7-13(24)21-12-6-9(18)14(19)15(20)16(12)25-2/h3-6H,7H2,1-2H3,(H,21,24)(H,22,23). The smallest absolute Gasteiger partial charge is 0.234 e. The number of anilines is 1. The molecule has 2 N–H and O–H groups in total. The van der Waals surface area contributed by atoms with Crippen LogP contribution >= 0.6 is 59.6 Å². The average Bonchev–Trinajstić information content (AvgIpc) is 3.00. The van der Waals surface area contributed by atoms with E-state index >= 15 is 0 Å². The minimum atomic E-state index is -0.147. The summed E-state index contributed by atoms with van der Waals surface area (Å²) in [6.07, 6.45) is 0. The number of hydrogen-bond acceptors (Lipinski definition) is 4. The zero-order valence-electron chi connectivity index (χ0n) is 13.8. The van der Waals surface area contributed by atoms with Gasteiger partial charge in [0.15, 0.2) is 10.9 Å². The number of methoxy groups -OCH3 is 1. The summed E-state index contributed by atoms with van der Waals surface area (Å²) in [6.45, 7) is 2.03. The number of halogens is 3. The summed E-state index contributed by atoms with van der Waals surface area (Å²) >= 11 is 11.7. The second kappa shape index (κ2) is 8.33. The number of thioether (sulfide) groups is 1. The van der Waals surface area contributed by atoms with Crippen molar-refractivity contribution in [2.45, 2.75) is 12.1 Å². The molecule has 5 nitrogen and oxygen atoms in total. The summed E-state index contributed by atoms with van der Waals surface area (Å²) < 4.78 is 7.74. The van der Waals surface area contributed by atoms with Crippen LogP contribution in [0.1, 0.15) is 5.56 Å². The third-order valence-electron chi connectivity index (χ3n) is 3.55. The van der Waals surface area contributed by atoms with Crippen molar-refractivity contribution in [1.82, 2.24) is 9.97 Å². The second-order valence-electron chi connectivity index (χ2n) is 5.47. The average molecular weight is 564 g/mol. The minimum Gasteiger partial charge on any atom is -0.493 e. The first-order valence-corrected chi connectivity index (χ1v) is 10.9. The largest absolute Gasteiger partial charge is 0.493 e. The maximum atomic E-state index is 12.4. The van der Waals surface area contributed by atoms with Crippen molar-refractivity contribution >= 4 is 82.2 Å². The summed E-state index contributed by atoms with van der Waals surface area (Å²) in [7, 11) is 1.56. The SMILES string of the molecule is COc1c(NC(=O)CSc2nc3ccc(C)cc3[nH]2)cc(Br)c(Br)c1Br. The molecule has 0 spiro atoms. The molecule has 3 aromatic rings. The molecule has 136 valence electrons. The lowest BCUT2D eigenvalue weighted by Gasteiger charge is -2.14. The van der Waals surface area contributed by atoms with E-state index in [9.17, 15) is 4.79 Å². The number of carbonyl (C=O) groups is 1. The Morgan fingerprint density at radius 3 is 2.77 bits per heavy atom. The highest BCUT2D eigenvalue weighted by molar-refractivity contribution is 9.14. The maximum Gasteiger partial charge on any atom is 0.234 e. The third kappa shape index (κ3) is 4.27. The highest BCUT2D eigenvalue weighted by Gasteiger charge is 2.17. The van der Waals surface area contributed by atoms with Crippen LogP contribution in [0.2, 0.25) is 0 Å². The monoisotopic (exact) mass is 561 g/mol. The molecule has 0 radical (unpaired) electrons. The number of carbonyl (C=O) groups excluding carboxylic acids is 1. The number of aryl methyl sites for hydroxylation is 1. The molecule has 1 heterocycles. The first-order valence-electron chi connectivity index (χ1n) is 7.49. The fraction of sp³-hybridized carbons (Fsp3) is 0.176. The Kier molecular flexibility index (Phi) is 6.32. The minimum absolute atomic E-state index is 0.147. The van der Waals surface area contributed by atoms with Gasteiger partial charge in [-0.3, -0.25) is 4.79 Å². The Morgan fingerprint density at radius 1 is 1.27 bits per heavy atom. The van der Waals surface area contributed by atoms with Crippen molar-refractivity contribution in [2.24, 2.45) is 0 Å². The number of imidazole rings is 1. The molecule has 1 aromatic heterocycles. The zero-order valence-corrected chi connectivity index (χ0v) is 19.4. The number of fused-ring (bicyclic) bond motifs is 1. The van der Waals surface area contributed by atoms with Crippen LogP contribution in [0.5, 0.6) is 5.75 Å². The van der Waals surface area contributed by atoms with Gasteiger partial charge in [0.1, 0.15) is 0 Å². The number of aromatic nitrogens is 2. The van der Waals surface area contributed by atoms with Gasteiger partial charge in [-0.1, -0.05) is 17.8 Å². The van der Waals surface area contributed by atoms with E-state index in [2.05, 4.69) is 63.1 Å². The number of ether oxygens (including phenoxy) is 1. The predicted octanol–water partition coefficient (Wildman–Crippen LogP) is 5.90. The molecule has 0 aliphatic rings. The summed E-state index contributed by atoms with van der Waals surface area (Å²) in [5.41, 5.74) is 3.60. The molecule has 0 bridgehead atoms. The molecule has 9 heteroatoms. The van der Waals surface area contributed by atoms with Gasteiger partial charge in [0, 0.05) is 8.95 Å². The van der Waals surface area contributed by atoms with Crippen LogP contribution in [0.3, 0.4) is 0 Å².